The Hall–Kier alpha value is -1.06. The molecule has 0 bridgehead atoms. The number of hydrogen-bond acceptors (Lipinski definition) is 4. The number of carbonyl (C=O) groups excluding carboxylic acids is 2. The zero-order valence-electron chi connectivity index (χ0n) is 21.4. The Morgan fingerprint density at radius 3 is 1.45 bits per heavy atom. The van der Waals surface area contributed by atoms with Crippen LogP contribution in [0, 0.1) is 17.8 Å². The van der Waals surface area contributed by atoms with Gasteiger partial charge in [-0.25, -0.2) is 0 Å². The van der Waals surface area contributed by atoms with Crippen molar-refractivity contribution < 1.29 is 19.1 Å². The summed E-state index contributed by atoms with van der Waals surface area (Å²) < 4.78 is 10.5. The van der Waals surface area contributed by atoms with Crippen LogP contribution < -0.4 is 0 Å². The third kappa shape index (κ3) is 23.4. The first kappa shape index (κ1) is 29.9. The van der Waals surface area contributed by atoms with Gasteiger partial charge in [-0.15, -0.1) is 0 Å². The minimum Gasteiger partial charge on any atom is -0.466 e. The average molecular weight is 441 g/mol. The van der Waals surface area contributed by atoms with Crippen LogP contribution in [-0.4, -0.2) is 25.2 Å². The van der Waals surface area contributed by atoms with Gasteiger partial charge in [-0.05, 0) is 37.0 Å². The third-order valence-electron chi connectivity index (χ3n) is 5.76. The van der Waals surface area contributed by atoms with E-state index in [9.17, 15) is 9.59 Å². The van der Waals surface area contributed by atoms with E-state index >= 15 is 0 Å². The maximum absolute atomic E-state index is 11.8. The minimum atomic E-state index is -0.0313. The molecule has 0 aliphatic carbocycles. The second-order valence-electron chi connectivity index (χ2n) is 10.2. The predicted octanol–water partition coefficient (Wildman–Crippen LogP) is 7.87. The van der Waals surface area contributed by atoms with E-state index in [1.54, 1.807) is 0 Å². The second kappa shape index (κ2) is 20.8. The zero-order chi connectivity index (χ0) is 23.3. The Labute approximate surface area is 193 Å². The lowest BCUT2D eigenvalue weighted by Crippen LogP contribution is -2.11. The van der Waals surface area contributed by atoms with Crippen molar-refractivity contribution in [2.75, 3.05) is 13.2 Å². The predicted molar refractivity (Wildman–Crippen MR) is 130 cm³/mol. The molecule has 0 saturated heterocycles. The van der Waals surface area contributed by atoms with Gasteiger partial charge in [0.1, 0.15) is 0 Å². The number of carbonyl (C=O) groups is 2. The molecule has 0 aliphatic heterocycles. The van der Waals surface area contributed by atoms with Crippen molar-refractivity contribution >= 4 is 11.9 Å². The molecule has 4 nitrogen and oxygen atoms in total. The van der Waals surface area contributed by atoms with E-state index in [1.165, 1.54) is 51.4 Å². The molecule has 1 unspecified atom stereocenters. The van der Waals surface area contributed by atoms with Gasteiger partial charge in [0.25, 0.3) is 0 Å². The molecule has 0 aliphatic rings. The lowest BCUT2D eigenvalue weighted by Gasteiger charge is -2.11. The van der Waals surface area contributed by atoms with Crippen LogP contribution >= 0.6 is 0 Å². The summed E-state index contributed by atoms with van der Waals surface area (Å²) in [6.07, 6.45) is 16.5. The van der Waals surface area contributed by atoms with E-state index in [2.05, 4.69) is 34.6 Å². The first-order valence-corrected chi connectivity index (χ1v) is 13.1. The van der Waals surface area contributed by atoms with Crippen LogP contribution in [0.3, 0.4) is 0 Å². The van der Waals surface area contributed by atoms with Gasteiger partial charge in [0.15, 0.2) is 0 Å². The van der Waals surface area contributed by atoms with Crippen LogP contribution in [-0.2, 0) is 19.1 Å². The molecule has 0 N–H and O–H groups in total. The Kier molecular flexibility index (Phi) is 20.1. The summed E-state index contributed by atoms with van der Waals surface area (Å²) in [6.45, 7) is 11.9. The highest BCUT2D eigenvalue weighted by atomic mass is 16.5. The van der Waals surface area contributed by atoms with Gasteiger partial charge < -0.3 is 9.47 Å². The Morgan fingerprint density at radius 2 is 0.968 bits per heavy atom. The summed E-state index contributed by atoms with van der Waals surface area (Å²) in [4.78, 5) is 23.4. The fraction of sp³-hybridized carbons (Fsp3) is 0.926. The van der Waals surface area contributed by atoms with Crippen molar-refractivity contribution in [1.82, 2.24) is 0 Å². The summed E-state index contributed by atoms with van der Waals surface area (Å²) in [5.41, 5.74) is 0. The number of ether oxygens (including phenoxy) is 2. The molecule has 184 valence electrons. The molecule has 0 aromatic heterocycles. The van der Waals surface area contributed by atoms with Crippen molar-refractivity contribution in [3.05, 3.63) is 0 Å². The first-order chi connectivity index (χ1) is 14.8. The van der Waals surface area contributed by atoms with Gasteiger partial charge in [-0.3, -0.25) is 9.59 Å². The summed E-state index contributed by atoms with van der Waals surface area (Å²) in [5.74, 6) is 1.54. The zero-order valence-corrected chi connectivity index (χ0v) is 21.4. The van der Waals surface area contributed by atoms with Gasteiger partial charge in [-0.1, -0.05) is 98.8 Å². The number of hydrogen-bond donors (Lipinski definition) is 0. The fourth-order valence-corrected chi connectivity index (χ4v) is 3.51. The standard InChI is InChI=1S/C27H52O4/c1-23(2)18-20-30-26(28)17-15-13-11-9-7-6-8-10-12-14-16-25(5)22-27(29)31-21-19-24(3)4/h23-25H,6-22H2,1-5H3. The van der Waals surface area contributed by atoms with E-state index < -0.39 is 0 Å². The van der Waals surface area contributed by atoms with Crippen LogP contribution in [0.5, 0.6) is 0 Å². The van der Waals surface area contributed by atoms with Crippen molar-refractivity contribution in [2.45, 2.75) is 131 Å². The van der Waals surface area contributed by atoms with Gasteiger partial charge >= 0.3 is 11.9 Å². The molecule has 0 amide bonds. The molecule has 0 fully saturated rings. The third-order valence-corrected chi connectivity index (χ3v) is 5.76. The molecule has 0 spiro atoms. The smallest absolute Gasteiger partial charge is 0.306 e. The molecule has 31 heavy (non-hydrogen) atoms. The maximum Gasteiger partial charge on any atom is 0.306 e. The Bertz CT molecular complexity index is 431. The molecule has 4 heteroatoms. The molecule has 0 rings (SSSR count). The molecule has 0 saturated carbocycles. The summed E-state index contributed by atoms with van der Waals surface area (Å²) in [7, 11) is 0. The van der Waals surface area contributed by atoms with E-state index in [4.69, 9.17) is 9.47 Å². The molecule has 0 aromatic carbocycles. The number of unbranched alkanes of at least 4 members (excludes halogenated alkanes) is 9. The molecule has 1 atom stereocenters. The van der Waals surface area contributed by atoms with Crippen LogP contribution in [0.25, 0.3) is 0 Å². The summed E-state index contributed by atoms with van der Waals surface area (Å²) in [5, 5.41) is 0. The normalized spacial score (nSPS) is 12.4. The SMILES string of the molecule is CC(C)CCOC(=O)CCCCCCCCCCCCC(C)CC(=O)OCCC(C)C. The van der Waals surface area contributed by atoms with Crippen LogP contribution in [0.2, 0.25) is 0 Å². The van der Waals surface area contributed by atoms with E-state index in [-0.39, 0.29) is 11.9 Å². The van der Waals surface area contributed by atoms with Crippen molar-refractivity contribution in [3.63, 3.8) is 0 Å². The van der Waals surface area contributed by atoms with Crippen LogP contribution in [0.4, 0.5) is 0 Å². The number of esters is 2. The average Bonchev–Trinajstić information content (AvgIpc) is 2.68. The van der Waals surface area contributed by atoms with Gasteiger partial charge in [0.2, 0.25) is 0 Å². The highest BCUT2D eigenvalue weighted by Crippen LogP contribution is 2.16. The van der Waals surface area contributed by atoms with E-state index in [0.717, 1.165) is 32.1 Å². The lowest BCUT2D eigenvalue weighted by molar-refractivity contribution is -0.145. The summed E-state index contributed by atoms with van der Waals surface area (Å²) >= 11 is 0. The van der Waals surface area contributed by atoms with Gasteiger partial charge in [0.05, 0.1) is 13.2 Å². The molecular weight excluding hydrogens is 388 g/mol. The lowest BCUT2D eigenvalue weighted by atomic mass is 9.99. The molecule has 0 radical (unpaired) electrons. The van der Waals surface area contributed by atoms with Crippen molar-refractivity contribution in [2.24, 2.45) is 17.8 Å². The maximum atomic E-state index is 11.8. The Balaban J connectivity index is 3.34. The second-order valence-corrected chi connectivity index (χ2v) is 10.2. The first-order valence-electron chi connectivity index (χ1n) is 13.1. The fourth-order valence-electron chi connectivity index (χ4n) is 3.51. The topological polar surface area (TPSA) is 52.6 Å². The molecular formula is C27H52O4. The number of rotatable bonds is 21. The van der Waals surface area contributed by atoms with E-state index in [0.29, 0.717) is 43.8 Å². The molecule has 0 heterocycles. The van der Waals surface area contributed by atoms with Crippen LogP contribution in [0.15, 0.2) is 0 Å². The molecule has 0 aromatic rings. The summed E-state index contributed by atoms with van der Waals surface area (Å²) in [6, 6.07) is 0. The van der Waals surface area contributed by atoms with Gasteiger partial charge in [0, 0.05) is 12.8 Å². The largest absolute Gasteiger partial charge is 0.466 e. The van der Waals surface area contributed by atoms with Crippen molar-refractivity contribution in [3.8, 4) is 0 Å². The minimum absolute atomic E-state index is 0.0296. The highest BCUT2D eigenvalue weighted by molar-refractivity contribution is 5.69. The van der Waals surface area contributed by atoms with Crippen LogP contribution in [0.1, 0.15) is 131 Å². The van der Waals surface area contributed by atoms with Gasteiger partial charge in [-0.2, -0.15) is 0 Å². The monoisotopic (exact) mass is 440 g/mol. The highest BCUT2D eigenvalue weighted by Gasteiger charge is 2.10. The quantitative estimate of drug-likeness (QED) is 0.135. The van der Waals surface area contributed by atoms with E-state index in [1.807, 2.05) is 0 Å². The van der Waals surface area contributed by atoms with Crippen molar-refractivity contribution in [1.29, 1.82) is 0 Å². The Morgan fingerprint density at radius 1 is 0.548 bits per heavy atom.